The number of carbonyl (C=O) groups is 2. The van der Waals surface area contributed by atoms with Crippen LogP contribution in [-0.4, -0.2) is 36.3 Å². The van der Waals surface area contributed by atoms with Crippen molar-refractivity contribution in [2.75, 3.05) is 19.6 Å². The lowest BCUT2D eigenvalue weighted by Crippen LogP contribution is -2.30. The van der Waals surface area contributed by atoms with Gasteiger partial charge in [0, 0.05) is 30.8 Å². The van der Waals surface area contributed by atoms with Crippen molar-refractivity contribution in [1.29, 1.82) is 0 Å². The number of nitrogens with one attached hydrogen (secondary N) is 1. The molecule has 1 aromatic heterocycles. The van der Waals surface area contributed by atoms with Crippen molar-refractivity contribution >= 4 is 11.8 Å². The third-order valence-electron chi connectivity index (χ3n) is 6.99. The van der Waals surface area contributed by atoms with E-state index in [0.29, 0.717) is 17.9 Å². The van der Waals surface area contributed by atoms with Gasteiger partial charge in [-0.15, -0.1) is 0 Å². The van der Waals surface area contributed by atoms with Gasteiger partial charge in [-0.25, -0.2) is 0 Å². The van der Waals surface area contributed by atoms with Crippen LogP contribution in [0.1, 0.15) is 47.1 Å². The Kier molecular flexibility index (Phi) is 4.26. The maximum absolute atomic E-state index is 13.1. The van der Waals surface area contributed by atoms with Crippen molar-refractivity contribution in [3.05, 3.63) is 47.7 Å². The number of benzene rings is 1. The monoisotopic (exact) mass is 378 g/mol. The fourth-order valence-corrected chi connectivity index (χ4v) is 5.70. The van der Waals surface area contributed by atoms with Gasteiger partial charge < -0.3 is 14.6 Å². The topological polar surface area (TPSA) is 62.6 Å². The molecule has 1 aromatic carbocycles. The Morgan fingerprint density at radius 1 is 1.11 bits per heavy atom. The number of rotatable bonds is 4. The van der Waals surface area contributed by atoms with E-state index in [2.05, 4.69) is 10.2 Å². The van der Waals surface area contributed by atoms with E-state index < -0.39 is 0 Å². The lowest BCUT2D eigenvalue weighted by molar-refractivity contribution is 0.0776. The second kappa shape index (κ2) is 6.80. The lowest BCUT2D eigenvalue weighted by Gasteiger charge is -2.22. The number of hydrogen-bond acceptors (Lipinski definition) is 3. The summed E-state index contributed by atoms with van der Waals surface area (Å²) in [4.78, 5) is 27.1. The minimum absolute atomic E-state index is 0.117. The van der Waals surface area contributed by atoms with Crippen LogP contribution >= 0.6 is 0 Å². The van der Waals surface area contributed by atoms with E-state index in [0.717, 1.165) is 42.3 Å². The Morgan fingerprint density at radius 2 is 1.86 bits per heavy atom. The molecule has 0 unspecified atom stereocenters. The lowest BCUT2D eigenvalue weighted by atomic mass is 9.82. The van der Waals surface area contributed by atoms with Crippen molar-refractivity contribution in [3.63, 3.8) is 0 Å². The molecule has 5 rings (SSSR count). The summed E-state index contributed by atoms with van der Waals surface area (Å²) in [6, 6.07) is 11.0. The van der Waals surface area contributed by atoms with Crippen LogP contribution in [0.25, 0.3) is 11.3 Å². The summed E-state index contributed by atoms with van der Waals surface area (Å²) in [6.45, 7) is 4.25. The highest BCUT2D eigenvalue weighted by Crippen LogP contribution is 2.55. The van der Waals surface area contributed by atoms with Crippen molar-refractivity contribution in [2.45, 2.75) is 26.2 Å². The predicted molar refractivity (Wildman–Crippen MR) is 106 cm³/mol. The molecule has 2 aliphatic carbocycles. The molecule has 1 N–H and O–H groups in total. The zero-order valence-corrected chi connectivity index (χ0v) is 16.2. The third-order valence-corrected chi connectivity index (χ3v) is 6.99. The van der Waals surface area contributed by atoms with Gasteiger partial charge in [0.2, 0.25) is 0 Å². The quantitative estimate of drug-likeness (QED) is 0.880. The Bertz CT molecular complexity index is 900. The summed E-state index contributed by atoms with van der Waals surface area (Å²) in [7, 11) is 0. The summed E-state index contributed by atoms with van der Waals surface area (Å²) in [5, 5.41) is 2.73. The van der Waals surface area contributed by atoms with Crippen LogP contribution in [0.4, 0.5) is 0 Å². The van der Waals surface area contributed by atoms with Gasteiger partial charge in [-0.1, -0.05) is 12.1 Å². The first-order valence-corrected chi connectivity index (χ1v) is 10.4. The van der Waals surface area contributed by atoms with Gasteiger partial charge in [-0.3, -0.25) is 9.59 Å². The Morgan fingerprint density at radius 3 is 2.57 bits per heavy atom. The SMILES string of the molecule is CCNC(=O)c1ccc(-c2cccc(C(=O)N3C[C@@H]4[C@@H]5CC[C@@H](C5)[C@@H]4C3)c2)o1. The normalized spacial score (nSPS) is 27.8. The molecule has 2 amide bonds. The Balaban J connectivity index is 1.33. The molecule has 0 spiro atoms. The van der Waals surface area contributed by atoms with Crippen molar-refractivity contribution < 1.29 is 14.0 Å². The smallest absolute Gasteiger partial charge is 0.287 e. The predicted octanol–water partition coefficient (Wildman–Crippen LogP) is 3.81. The average Bonchev–Trinajstić information content (AvgIpc) is 3.49. The third kappa shape index (κ3) is 2.84. The summed E-state index contributed by atoms with van der Waals surface area (Å²) in [6.07, 6.45) is 4.10. The molecule has 2 bridgehead atoms. The molecule has 5 heteroatoms. The molecule has 146 valence electrons. The fourth-order valence-electron chi connectivity index (χ4n) is 5.70. The van der Waals surface area contributed by atoms with Gasteiger partial charge in [0.1, 0.15) is 5.76 Å². The molecule has 1 aliphatic heterocycles. The van der Waals surface area contributed by atoms with Gasteiger partial charge in [-0.05, 0) is 74.1 Å². The number of likely N-dealkylation sites (tertiary alicyclic amines) is 1. The molecule has 2 heterocycles. The van der Waals surface area contributed by atoms with Crippen molar-refractivity contribution in [3.8, 4) is 11.3 Å². The summed E-state index contributed by atoms with van der Waals surface area (Å²) in [5.74, 6) is 3.91. The second-order valence-electron chi connectivity index (χ2n) is 8.48. The zero-order chi connectivity index (χ0) is 19.3. The first-order valence-electron chi connectivity index (χ1n) is 10.4. The summed E-state index contributed by atoms with van der Waals surface area (Å²) >= 11 is 0. The van der Waals surface area contributed by atoms with Gasteiger partial charge in [-0.2, -0.15) is 0 Å². The number of fused-ring (bicyclic) bond motifs is 5. The van der Waals surface area contributed by atoms with E-state index >= 15 is 0 Å². The first-order chi connectivity index (χ1) is 13.6. The Labute approximate surface area is 165 Å². The average molecular weight is 378 g/mol. The largest absolute Gasteiger partial charge is 0.451 e. The first kappa shape index (κ1) is 17.5. The van der Waals surface area contributed by atoms with Gasteiger partial charge >= 0.3 is 0 Å². The van der Waals surface area contributed by atoms with E-state index in [4.69, 9.17) is 4.42 Å². The standard InChI is InChI=1S/C23H26N2O3/c1-2-24-22(26)21-9-8-20(28-21)16-4-3-5-17(11-16)23(27)25-12-18-14-6-7-15(10-14)19(18)13-25/h3-5,8-9,11,14-15,18-19H,2,6-7,10,12-13H2,1H3,(H,24,26)/t14-,15+,18-,19+. The van der Waals surface area contributed by atoms with Crippen LogP contribution in [-0.2, 0) is 0 Å². The van der Waals surface area contributed by atoms with Crippen molar-refractivity contribution in [2.24, 2.45) is 23.7 Å². The van der Waals surface area contributed by atoms with E-state index in [1.54, 1.807) is 12.1 Å². The van der Waals surface area contributed by atoms with E-state index in [-0.39, 0.29) is 17.6 Å². The van der Waals surface area contributed by atoms with Gasteiger partial charge in [0.25, 0.3) is 11.8 Å². The van der Waals surface area contributed by atoms with Crippen LogP contribution in [0, 0.1) is 23.7 Å². The van der Waals surface area contributed by atoms with E-state index in [1.807, 2.05) is 31.2 Å². The van der Waals surface area contributed by atoms with Crippen LogP contribution in [0.5, 0.6) is 0 Å². The van der Waals surface area contributed by atoms with Gasteiger partial charge in [0.05, 0.1) is 0 Å². The molecule has 3 aliphatic rings. The number of furan rings is 1. The molecule has 5 nitrogen and oxygen atoms in total. The molecule has 1 saturated heterocycles. The molecule has 2 aromatic rings. The van der Waals surface area contributed by atoms with Gasteiger partial charge in [0.15, 0.2) is 5.76 Å². The van der Waals surface area contributed by atoms with Crippen LogP contribution in [0.2, 0.25) is 0 Å². The molecule has 0 radical (unpaired) electrons. The number of amides is 2. The van der Waals surface area contributed by atoms with Crippen LogP contribution in [0.3, 0.4) is 0 Å². The number of carbonyl (C=O) groups excluding carboxylic acids is 2. The van der Waals surface area contributed by atoms with Crippen LogP contribution in [0.15, 0.2) is 40.8 Å². The Hall–Kier alpha value is -2.56. The molecule has 28 heavy (non-hydrogen) atoms. The zero-order valence-electron chi connectivity index (χ0n) is 16.2. The van der Waals surface area contributed by atoms with Crippen molar-refractivity contribution in [1.82, 2.24) is 10.2 Å². The summed E-state index contributed by atoms with van der Waals surface area (Å²) in [5.41, 5.74) is 1.52. The number of nitrogens with zero attached hydrogens (tertiary/aromatic N) is 1. The maximum atomic E-state index is 13.1. The highest BCUT2D eigenvalue weighted by Gasteiger charge is 2.52. The molecule has 3 fully saturated rings. The second-order valence-corrected chi connectivity index (χ2v) is 8.48. The maximum Gasteiger partial charge on any atom is 0.287 e. The van der Waals surface area contributed by atoms with Crippen LogP contribution < -0.4 is 5.32 Å². The van der Waals surface area contributed by atoms with E-state index in [9.17, 15) is 9.59 Å². The highest BCUT2D eigenvalue weighted by atomic mass is 16.3. The molecular weight excluding hydrogens is 352 g/mol. The minimum atomic E-state index is -0.223. The fraction of sp³-hybridized carbons (Fsp3) is 0.478. The molecule has 2 saturated carbocycles. The summed E-state index contributed by atoms with van der Waals surface area (Å²) < 4.78 is 5.70. The highest BCUT2D eigenvalue weighted by molar-refractivity contribution is 5.96. The molecule has 4 atom stereocenters. The van der Waals surface area contributed by atoms with E-state index in [1.165, 1.54) is 19.3 Å². The molecular formula is C23H26N2O3. The minimum Gasteiger partial charge on any atom is -0.451 e. The number of hydrogen-bond donors (Lipinski definition) is 1.